The summed E-state index contributed by atoms with van der Waals surface area (Å²) in [5, 5.41) is 9.86. The van der Waals surface area contributed by atoms with Crippen LogP contribution in [0.5, 0.6) is 11.5 Å². The number of hydrogen-bond acceptors (Lipinski definition) is 3. The molecule has 1 unspecified atom stereocenters. The van der Waals surface area contributed by atoms with E-state index in [0.29, 0.717) is 0 Å². The monoisotopic (exact) mass is 243 g/mol. The first-order valence-corrected chi connectivity index (χ1v) is 5.84. The Morgan fingerprint density at radius 3 is 2.00 bits per heavy atom. The molecule has 0 aromatic heterocycles. The average Bonchev–Trinajstić information content (AvgIpc) is 2.40. The molecule has 0 heterocycles. The van der Waals surface area contributed by atoms with E-state index in [2.05, 4.69) is 0 Å². The van der Waals surface area contributed by atoms with Crippen LogP contribution in [0.25, 0.3) is 0 Å². The van der Waals surface area contributed by atoms with Gasteiger partial charge in [0, 0.05) is 0 Å². The van der Waals surface area contributed by atoms with Gasteiger partial charge in [0.15, 0.2) is 0 Å². The summed E-state index contributed by atoms with van der Waals surface area (Å²) in [5.41, 5.74) is 0.848. The Balaban J connectivity index is 2.09. The maximum atomic E-state index is 9.86. The predicted octanol–water partition coefficient (Wildman–Crippen LogP) is 3.03. The third kappa shape index (κ3) is 3.09. The molecule has 3 nitrogen and oxygen atoms in total. The van der Waals surface area contributed by atoms with Gasteiger partial charge in [0.05, 0.1) is 0 Å². The molecule has 2 aromatic rings. The molecular weight excluding hydrogens is 226 g/mol. The van der Waals surface area contributed by atoms with E-state index in [4.69, 9.17) is 4.74 Å². The molecule has 0 amide bonds. The van der Waals surface area contributed by atoms with Gasteiger partial charge >= 0.3 is 0 Å². The molecule has 0 fully saturated rings. The SMILES string of the molecule is CN(C)C(O)c1ccc(Oc2ccccc2)cc1. The quantitative estimate of drug-likeness (QED) is 0.838. The smallest absolute Gasteiger partial charge is 0.133 e. The van der Waals surface area contributed by atoms with E-state index < -0.39 is 6.23 Å². The van der Waals surface area contributed by atoms with Crippen molar-refractivity contribution in [3.05, 3.63) is 60.2 Å². The lowest BCUT2D eigenvalue weighted by Gasteiger charge is -2.18. The normalized spacial score (nSPS) is 12.4. The third-order valence-corrected chi connectivity index (χ3v) is 2.65. The molecule has 2 aromatic carbocycles. The van der Waals surface area contributed by atoms with E-state index in [9.17, 15) is 5.11 Å². The molecule has 0 spiro atoms. The van der Waals surface area contributed by atoms with Crippen molar-refractivity contribution in [2.75, 3.05) is 14.1 Å². The Morgan fingerprint density at radius 2 is 1.44 bits per heavy atom. The first kappa shape index (κ1) is 12.6. The summed E-state index contributed by atoms with van der Waals surface area (Å²) in [6, 6.07) is 17.1. The van der Waals surface area contributed by atoms with Gasteiger partial charge in [-0.15, -0.1) is 0 Å². The van der Waals surface area contributed by atoms with Gasteiger partial charge in [-0.2, -0.15) is 0 Å². The number of ether oxygens (including phenoxy) is 1. The van der Waals surface area contributed by atoms with Gasteiger partial charge in [-0.1, -0.05) is 30.3 Å². The topological polar surface area (TPSA) is 32.7 Å². The van der Waals surface area contributed by atoms with Crippen molar-refractivity contribution < 1.29 is 9.84 Å². The highest BCUT2D eigenvalue weighted by Crippen LogP contribution is 2.23. The first-order valence-electron chi connectivity index (χ1n) is 5.84. The summed E-state index contributed by atoms with van der Waals surface area (Å²) < 4.78 is 5.68. The summed E-state index contributed by atoms with van der Waals surface area (Å²) >= 11 is 0. The zero-order valence-corrected chi connectivity index (χ0v) is 10.6. The third-order valence-electron chi connectivity index (χ3n) is 2.65. The van der Waals surface area contributed by atoms with E-state index in [1.54, 1.807) is 4.90 Å². The second-order valence-electron chi connectivity index (χ2n) is 4.32. The van der Waals surface area contributed by atoms with Gasteiger partial charge in [-0.05, 0) is 43.9 Å². The Labute approximate surface area is 107 Å². The first-order chi connectivity index (χ1) is 8.66. The molecule has 18 heavy (non-hydrogen) atoms. The Hall–Kier alpha value is -1.84. The molecule has 0 aliphatic rings. The highest BCUT2D eigenvalue weighted by molar-refractivity contribution is 5.33. The van der Waals surface area contributed by atoms with Crippen LogP contribution in [0.3, 0.4) is 0 Å². The van der Waals surface area contributed by atoms with E-state index in [0.717, 1.165) is 17.1 Å². The molecule has 0 bridgehead atoms. The number of aliphatic hydroxyl groups is 1. The van der Waals surface area contributed by atoms with Crippen LogP contribution in [0.15, 0.2) is 54.6 Å². The molecule has 0 radical (unpaired) electrons. The van der Waals surface area contributed by atoms with Crippen molar-refractivity contribution in [3.8, 4) is 11.5 Å². The molecule has 1 atom stereocenters. The molecule has 3 heteroatoms. The van der Waals surface area contributed by atoms with Crippen molar-refractivity contribution >= 4 is 0 Å². The van der Waals surface area contributed by atoms with E-state index in [1.165, 1.54) is 0 Å². The zero-order valence-electron chi connectivity index (χ0n) is 10.6. The highest BCUT2D eigenvalue weighted by Gasteiger charge is 2.09. The van der Waals surface area contributed by atoms with Gasteiger partial charge in [0.25, 0.3) is 0 Å². The van der Waals surface area contributed by atoms with Crippen LogP contribution in [0.2, 0.25) is 0 Å². The molecule has 0 aliphatic heterocycles. The fraction of sp³-hybridized carbons (Fsp3) is 0.200. The van der Waals surface area contributed by atoms with Crippen LogP contribution in [0.1, 0.15) is 11.8 Å². The second-order valence-corrected chi connectivity index (χ2v) is 4.32. The lowest BCUT2D eigenvalue weighted by atomic mass is 10.2. The van der Waals surface area contributed by atoms with E-state index >= 15 is 0 Å². The summed E-state index contributed by atoms with van der Waals surface area (Å²) in [5.74, 6) is 1.56. The van der Waals surface area contributed by atoms with E-state index in [-0.39, 0.29) is 0 Å². The van der Waals surface area contributed by atoms with Crippen LogP contribution in [0.4, 0.5) is 0 Å². The van der Waals surface area contributed by atoms with Crippen molar-refractivity contribution in [1.82, 2.24) is 4.90 Å². The van der Waals surface area contributed by atoms with Crippen molar-refractivity contribution in [3.63, 3.8) is 0 Å². The molecule has 94 valence electrons. The van der Waals surface area contributed by atoms with Crippen molar-refractivity contribution in [2.45, 2.75) is 6.23 Å². The summed E-state index contributed by atoms with van der Waals surface area (Å²) in [6.45, 7) is 0. The molecule has 0 saturated heterocycles. The Kier molecular flexibility index (Phi) is 3.97. The fourth-order valence-corrected chi connectivity index (χ4v) is 1.63. The van der Waals surface area contributed by atoms with Crippen molar-refractivity contribution in [1.29, 1.82) is 0 Å². The fourth-order valence-electron chi connectivity index (χ4n) is 1.63. The maximum Gasteiger partial charge on any atom is 0.133 e. The van der Waals surface area contributed by atoms with Crippen LogP contribution in [-0.4, -0.2) is 24.1 Å². The van der Waals surface area contributed by atoms with Crippen LogP contribution in [-0.2, 0) is 0 Å². The maximum absolute atomic E-state index is 9.86. The number of rotatable bonds is 4. The molecular formula is C15H17NO2. The second kappa shape index (κ2) is 5.67. The molecule has 0 saturated carbocycles. The van der Waals surface area contributed by atoms with E-state index in [1.807, 2.05) is 68.7 Å². The Morgan fingerprint density at radius 1 is 0.889 bits per heavy atom. The average molecular weight is 243 g/mol. The minimum atomic E-state index is -0.587. The summed E-state index contributed by atoms with van der Waals surface area (Å²) in [7, 11) is 3.66. The Bertz CT molecular complexity index is 480. The summed E-state index contributed by atoms with van der Waals surface area (Å²) in [6.07, 6.45) is -0.587. The molecule has 2 rings (SSSR count). The van der Waals surface area contributed by atoms with Gasteiger partial charge in [0.1, 0.15) is 17.7 Å². The number of hydrogen-bond donors (Lipinski definition) is 1. The van der Waals surface area contributed by atoms with Gasteiger partial charge in [-0.25, -0.2) is 0 Å². The largest absolute Gasteiger partial charge is 0.457 e. The van der Waals surface area contributed by atoms with Crippen LogP contribution in [0, 0.1) is 0 Å². The number of aliphatic hydroxyl groups excluding tert-OH is 1. The standard InChI is InChI=1S/C15H17NO2/c1-16(2)15(17)12-8-10-14(11-9-12)18-13-6-4-3-5-7-13/h3-11,15,17H,1-2H3. The minimum absolute atomic E-state index is 0.587. The lowest BCUT2D eigenvalue weighted by Crippen LogP contribution is -2.18. The number of nitrogens with zero attached hydrogens (tertiary/aromatic N) is 1. The predicted molar refractivity (Wildman–Crippen MR) is 71.6 cm³/mol. The van der Waals surface area contributed by atoms with Gasteiger partial charge < -0.3 is 9.84 Å². The minimum Gasteiger partial charge on any atom is -0.457 e. The molecule has 0 aliphatic carbocycles. The van der Waals surface area contributed by atoms with Crippen LogP contribution >= 0.6 is 0 Å². The lowest BCUT2D eigenvalue weighted by molar-refractivity contribution is 0.0395. The van der Waals surface area contributed by atoms with Crippen molar-refractivity contribution in [2.24, 2.45) is 0 Å². The van der Waals surface area contributed by atoms with Gasteiger partial charge in [0.2, 0.25) is 0 Å². The zero-order chi connectivity index (χ0) is 13.0. The molecule has 1 N–H and O–H groups in total. The highest BCUT2D eigenvalue weighted by atomic mass is 16.5. The number of para-hydroxylation sites is 1. The number of benzene rings is 2. The van der Waals surface area contributed by atoms with Gasteiger partial charge in [-0.3, -0.25) is 4.90 Å². The summed E-state index contributed by atoms with van der Waals surface area (Å²) in [4.78, 5) is 1.74. The van der Waals surface area contributed by atoms with Crippen LogP contribution < -0.4 is 4.74 Å².